The molecule has 1 unspecified atom stereocenters. The summed E-state index contributed by atoms with van der Waals surface area (Å²) in [6.45, 7) is 3.44. The largest absolute Gasteiger partial charge is 0.508 e. The number of anilines is 1. The average Bonchev–Trinajstić information content (AvgIpc) is 2.37. The van der Waals surface area contributed by atoms with Gasteiger partial charge in [0.2, 0.25) is 0 Å². The molecule has 1 rings (SSSR count). The highest BCUT2D eigenvalue weighted by Crippen LogP contribution is 2.18. The molecule has 0 fully saturated rings. The van der Waals surface area contributed by atoms with E-state index >= 15 is 0 Å². The number of phenolic OH excluding ortho intramolecular Hbond substituents is 1. The first-order valence-electron chi connectivity index (χ1n) is 5.62. The van der Waals surface area contributed by atoms with E-state index in [9.17, 15) is 14.7 Å². The quantitative estimate of drug-likeness (QED) is 0.704. The molecule has 0 saturated carbocycles. The number of aromatic hydroxyl groups is 1. The third kappa shape index (κ3) is 4.02. The summed E-state index contributed by atoms with van der Waals surface area (Å²) in [6.07, 6.45) is 1.56. The average molecular weight is 264 g/mol. The highest BCUT2D eigenvalue weighted by Gasteiger charge is 2.21. The Hall–Kier alpha value is -2.50. The van der Waals surface area contributed by atoms with Crippen LogP contribution in [0.4, 0.5) is 10.5 Å². The number of urea groups is 1. The summed E-state index contributed by atoms with van der Waals surface area (Å²) in [5.41, 5.74) is 0.459. The number of phenols is 1. The van der Waals surface area contributed by atoms with Crippen LogP contribution in [0, 0.1) is 0 Å². The van der Waals surface area contributed by atoms with Crippen LogP contribution in [0.25, 0.3) is 0 Å². The van der Waals surface area contributed by atoms with E-state index in [1.54, 1.807) is 12.1 Å². The zero-order valence-electron chi connectivity index (χ0n) is 10.5. The number of nitrogens with zero attached hydrogens (tertiary/aromatic N) is 1. The summed E-state index contributed by atoms with van der Waals surface area (Å²) in [6, 6.07) is 4.51. The second kappa shape index (κ2) is 6.44. The Balaban J connectivity index is 2.76. The highest BCUT2D eigenvalue weighted by atomic mass is 16.4. The molecule has 0 heterocycles. The number of benzene rings is 1. The molecule has 0 radical (unpaired) electrons. The van der Waals surface area contributed by atoms with Crippen LogP contribution in [0.5, 0.6) is 5.75 Å². The number of amides is 2. The van der Waals surface area contributed by atoms with E-state index in [-0.39, 0.29) is 12.2 Å². The maximum absolute atomic E-state index is 11.9. The lowest BCUT2D eigenvalue weighted by molar-refractivity contribution is -0.139. The van der Waals surface area contributed by atoms with Crippen molar-refractivity contribution in [3.63, 3.8) is 0 Å². The molecule has 1 aromatic carbocycles. The molecule has 1 aromatic rings. The molecule has 0 aliphatic rings. The SMILES string of the molecule is C=CCC(NC(=O)N(C)c1cccc(O)c1)C(=O)O. The van der Waals surface area contributed by atoms with Crippen molar-refractivity contribution in [3.8, 4) is 5.75 Å². The molecule has 0 saturated heterocycles. The normalized spacial score (nSPS) is 11.4. The zero-order chi connectivity index (χ0) is 14.4. The van der Waals surface area contributed by atoms with Crippen molar-refractivity contribution in [1.29, 1.82) is 0 Å². The van der Waals surface area contributed by atoms with Gasteiger partial charge in [-0.2, -0.15) is 0 Å². The number of carboxylic acid groups (broad SMARTS) is 1. The van der Waals surface area contributed by atoms with Gasteiger partial charge in [0.15, 0.2) is 0 Å². The van der Waals surface area contributed by atoms with Gasteiger partial charge in [-0.15, -0.1) is 6.58 Å². The lowest BCUT2D eigenvalue weighted by atomic mass is 10.2. The summed E-state index contributed by atoms with van der Waals surface area (Å²) < 4.78 is 0. The van der Waals surface area contributed by atoms with Gasteiger partial charge in [0, 0.05) is 18.8 Å². The smallest absolute Gasteiger partial charge is 0.326 e. The fraction of sp³-hybridized carbons (Fsp3) is 0.231. The lowest BCUT2D eigenvalue weighted by Crippen LogP contribution is -2.46. The van der Waals surface area contributed by atoms with Crippen molar-refractivity contribution in [3.05, 3.63) is 36.9 Å². The predicted octanol–water partition coefficient (Wildman–Crippen LogP) is 1.57. The summed E-state index contributed by atoms with van der Waals surface area (Å²) in [4.78, 5) is 24.0. The number of rotatable bonds is 5. The van der Waals surface area contributed by atoms with E-state index in [1.165, 1.54) is 30.2 Å². The molecular formula is C13H16N2O4. The molecule has 102 valence electrons. The summed E-state index contributed by atoms with van der Waals surface area (Å²) in [5.74, 6) is -1.10. The van der Waals surface area contributed by atoms with E-state index in [1.807, 2.05) is 0 Å². The molecule has 0 aliphatic heterocycles. The number of carbonyl (C=O) groups excluding carboxylic acids is 1. The number of nitrogens with one attached hydrogen (secondary N) is 1. The van der Waals surface area contributed by atoms with Gasteiger partial charge < -0.3 is 15.5 Å². The van der Waals surface area contributed by atoms with Gasteiger partial charge in [-0.25, -0.2) is 9.59 Å². The molecule has 0 aliphatic carbocycles. The van der Waals surface area contributed by atoms with Crippen LogP contribution in [0.2, 0.25) is 0 Å². The Bertz CT molecular complexity index is 487. The Morgan fingerprint density at radius 2 is 2.21 bits per heavy atom. The van der Waals surface area contributed by atoms with Crippen LogP contribution in [-0.4, -0.2) is 35.3 Å². The van der Waals surface area contributed by atoms with Crippen molar-refractivity contribution in [2.75, 3.05) is 11.9 Å². The molecule has 0 bridgehead atoms. The van der Waals surface area contributed by atoms with Crippen LogP contribution in [0.15, 0.2) is 36.9 Å². The number of hydrogen-bond donors (Lipinski definition) is 3. The summed E-state index contributed by atoms with van der Waals surface area (Å²) >= 11 is 0. The van der Waals surface area contributed by atoms with Gasteiger partial charge >= 0.3 is 12.0 Å². The maximum atomic E-state index is 11.9. The molecule has 6 nitrogen and oxygen atoms in total. The van der Waals surface area contributed by atoms with Crippen LogP contribution < -0.4 is 10.2 Å². The summed E-state index contributed by atoms with van der Waals surface area (Å²) in [7, 11) is 1.48. The van der Waals surface area contributed by atoms with Gasteiger partial charge in [-0.05, 0) is 18.6 Å². The van der Waals surface area contributed by atoms with Crippen molar-refractivity contribution in [2.24, 2.45) is 0 Å². The second-order valence-corrected chi connectivity index (χ2v) is 3.94. The number of carboxylic acids is 1. The lowest BCUT2D eigenvalue weighted by Gasteiger charge is -2.21. The Labute approximate surface area is 111 Å². The first-order valence-corrected chi connectivity index (χ1v) is 5.62. The first kappa shape index (κ1) is 14.6. The van der Waals surface area contributed by atoms with Crippen molar-refractivity contribution in [2.45, 2.75) is 12.5 Å². The monoisotopic (exact) mass is 264 g/mol. The van der Waals surface area contributed by atoms with Gasteiger partial charge in [0.05, 0.1) is 0 Å². The third-order valence-electron chi connectivity index (χ3n) is 2.52. The van der Waals surface area contributed by atoms with Crippen LogP contribution >= 0.6 is 0 Å². The first-order chi connectivity index (χ1) is 8.95. The predicted molar refractivity (Wildman–Crippen MR) is 71.3 cm³/mol. The molecule has 6 heteroatoms. The zero-order valence-corrected chi connectivity index (χ0v) is 10.5. The van der Waals surface area contributed by atoms with Crippen LogP contribution in [0.1, 0.15) is 6.42 Å². The van der Waals surface area contributed by atoms with Gasteiger partial charge in [0.1, 0.15) is 11.8 Å². The minimum atomic E-state index is -1.13. The topological polar surface area (TPSA) is 89.9 Å². The Morgan fingerprint density at radius 3 is 2.74 bits per heavy atom. The van der Waals surface area contributed by atoms with E-state index in [4.69, 9.17) is 5.11 Å². The highest BCUT2D eigenvalue weighted by molar-refractivity contribution is 5.94. The standard InChI is InChI=1S/C13H16N2O4/c1-3-5-11(12(17)18)14-13(19)15(2)9-6-4-7-10(16)8-9/h3-4,6-8,11,16H,1,5H2,2H3,(H,14,19)(H,17,18). The fourth-order valence-electron chi connectivity index (χ4n) is 1.45. The molecule has 3 N–H and O–H groups in total. The molecule has 2 amide bonds. The van der Waals surface area contributed by atoms with Gasteiger partial charge in [-0.3, -0.25) is 4.90 Å². The van der Waals surface area contributed by atoms with E-state index in [2.05, 4.69) is 11.9 Å². The van der Waals surface area contributed by atoms with E-state index < -0.39 is 18.0 Å². The minimum Gasteiger partial charge on any atom is -0.508 e. The van der Waals surface area contributed by atoms with Crippen molar-refractivity contribution >= 4 is 17.7 Å². The minimum absolute atomic E-state index is 0.0260. The van der Waals surface area contributed by atoms with Crippen molar-refractivity contribution < 1.29 is 19.8 Å². The number of carbonyl (C=O) groups is 2. The Morgan fingerprint density at radius 1 is 1.53 bits per heavy atom. The van der Waals surface area contributed by atoms with Gasteiger partial charge in [0.25, 0.3) is 0 Å². The second-order valence-electron chi connectivity index (χ2n) is 3.94. The van der Waals surface area contributed by atoms with Crippen LogP contribution in [-0.2, 0) is 4.79 Å². The molecule has 1 atom stereocenters. The fourth-order valence-corrected chi connectivity index (χ4v) is 1.45. The van der Waals surface area contributed by atoms with Gasteiger partial charge in [-0.1, -0.05) is 12.1 Å². The summed E-state index contributed by atoms with van der Waals surface area (Å²) in [5, 5.41) is 20.6. The van der Waals surface area contributed by atoms with Crippen molar-refractivity contribution in [1.82, 2.24) is 5.32 Å². The molecule has 19 heavy (non-hydrogen) atoms. The third-order valence-corrected chi connectivity index (χ3v) is 2.52. The number of hydrogen-bond acceptors (Lipinski definition) is 3. The van der Waals surface area contributed by atoms with E-state index in [0.29, 0.717) is 5.69 Å². The maximum Gasteiger partial charge on any atom is 0.326 e. The molecule has 0 spiro atoms. The van der Waals surface area contributed by atoms with E-state index in [0.717, 1.165) is 0 Å². The molecular weight excluding hydrogens is 248 g/mol. The van der Waals surface area contributed by atoms with Crippen LogP contribution in [0.3, 0.4) is 0 Å². The molecule has 0 aromatic heterocycles. The Kier molecular flexibility index (Phi) is 4.93. The number of aliphatic carboxylic acids is 1.